The number of likely N-dealkylation sites (tertiary alicyclic amines) is 1. The smallest absolute Gasteiger partial charge is 0.324 e. The Morgan fingerprint density at radius 1 is 1.33 bits per heavy atom. The highest BCUT2D eigenvalue weighted by Gasteiger charge is 2.67. The molecule has 2 saturated heterocycles. The average molecular weight is 331 g/mol. The van der Waals surface area contributed by atoms with Crippen molar-refractivity contribution in [1.29, 1.82) is 0 Å². The first-order valence-corrected chi connectivity index (χ1v) is 8.16. The molecular weight excluding hydrogens is 310 g/mol. The lowest BCUT2D eigenvalue weighted by atomic mass is 9.77. The number of amides is 2. The number of carbonyl (C=O) groups excluding carboxylic acids is 2. The van der Waals surface area contributed by atoms with Crippen molar-refractivity contribution in [2.24, 2.45) is 11.8 Å². The predicted molar refractivity (Wildman–Crippen MR) is 84.8 cm³/mol. The third-order valence-electron chi connectivity index (χ3n) is 5.25. The number of imide groups is 1. The molecule has 0 aromatic carbocycles. The molecule has 0 saturated carbocycles. The van der Waals surface area contributed by atoms with E-state index in [1.165, 1.54) is 7.05 Å². The maximum atomic E-state index is 12.6. The number of aliphatic carboxylic acids is 1. The fourth-order valence-electron chi connectivity index (χ4n) is 3.99. The molecule has 0 bridgehead atoms. The molecule has 2 N–H and O–H groups in total. The summed E-state index contributed by atoms with van der Waals surface area (Å²) in [4.78, 5) is 42.5. The zero-order valence-electron chi connectivity index (χ0n) is 13.7. The van der Waals surface area contributed by atoms with Crippen LogP contribution in [-0.2, 0) is 14.4 Å². The van der Waals surface area contributed by atoms with Crippen molar-refractivity contribution in [3.05, 3.63) is 30.1 Å². The van der Waals surface area contributed by atoms with Gasteiger partial charge in [0.2, 0.25) is 11.8 Å². The van der Waals surface area contributed by atoms with Crippen molar-refractivity contribution in [2.45, 2.75) is 37.8 Å². The summed E-state index contributed by atoms with van der Waals surface area (Å²) >= 11 is 0. The normalized spacial score (nSPS) is 32.2. The largest absolute Gasteiger partial charge is 0.480 e. The fraction of sp³-hybridized carbons (Fsp3) is 0.529. The van der Waals surface area contributed by atoms with Crippen LogP contribution in [0.3, 0.4) is 0 Å². The van der Waals surface area contributed by atoms with E-state index in [9.17, 15) is 19.5 Å². The van der Waals surface area contributed by atoms with Crippen LogP contribution >= 0.6 is 0 Å². The summed E-state index contributed by atoms with van der Waals surface area (Å²) in [6.07, 6.45) is 4.99. The molecule has 4 atom stereocenters. The van der Waals surface area contributed by atoms with Gasteiger partial charge in [-0.3, -0.25) is 29.6 Å². The lowest BCUT2D eigenvalue weighted by Gasteiger charge is -2.30. The van der Waals surface area contributed by atoms with Gasteiger partial charge in [0, 0.05) is 25.5 Å². The standard InChI is InChI=1S/C17H21N3O4/c1-3-4-7-17(16(23)24)12-11(14(21)20(2)15(12)22)13(19-17)10-5-8-18-9-6-10/h5-6,8-9,11-13,19H,3-4,7H2,1-2H3,(H,23,24). The molecule has 4 unspecified atom stereocenters. The molecule has 0 aliphatic carbocycles. The number of carbonyl (C=O) groups is 3. The molecule has 0 radical (unpaired) electrons. The molecule has 1 aromatic heterocycles. The van der Waals surface area contributed by atoms with Crippen molar-refractivity contribution < 1.29 is 19.5 Å². The van der Waals surface area contributed by atoms with Gasteiger partial charge in [0.15, 0.2) is 0 Å². The van der Waals surface area contributed by atoms with Gasteiger partial charge in [0.1, 0.15) is 5.54 Å². The summed E-state index contributed by atoms with van der Waals surface area (Å²) in [7, 11) is 1.43. The van der Waals surface area contributed by atoms with E-state index in [1.807, 2.05) is 6.92 Å². The number of rotatable bonds is 5. The number of hydrogen-bond donors (Lipinski definition) is 2. The van der Waals surface area contributed by atoms with E-state index >= 15 is 0 Å². The Balaban J connectivity index is 2.10. The highest BCUT2D eigenvalue weighted by Crippen LogP contribution is 2.50. The number of nitrogens with zero attached hydrogens (tertiary/aromatic N) is 2. The highest BCUT2D eigenvalue weighted by molar-refractivity contribution is 6.09. The van der Waals surface area contributed by atoms with Crippen LogP contribution in [0.2, 0.25) is 0 Å². The van der Waals surface area contributed by atoms with E-state index in [2.05, 4.69) is 10.3 Å². The maximum Gasteiger partial charge on any atom is 0.324 e. The van der Waals surface area contributed by atoms with E-state index in [-0.39, 0.29) is 5.91 Å². The maximum absolute atomic E-state index is 12.6. The van der Waals surface area contributed by atoms with Crippen molar-refractivity contribution in [1.82, 2.24) is 15.2 Å². The Bertz CT molecular complexity index is 678. The molecule has 128 valence electrons. The van der Waals surface area contributed by atoms with Gasteiger partial charge >= 0.3 is 5.97 Å². The Kier molecular flexibility index (Phi) is 4.13. The number of nitrogens with one attached hydrogen (secondary N) is 1. The van der Waals surface area contributed by atoms with Gasteiger partial charge in [-0.25, -0.2) is 0 Å². The van der Waals surface area contributed by atoms with E-state index in [1.54, 1.807) is 24.5 Å². The van der Waals surface area contributed by atoms with E-state index in [0.29, 0.717) is 12.8 Å². The van der Waals surface area contributed by atoms with Gasteiger partial charge in [-0.15, -0.1) is 0 Å². The quantitative estimate of drug-likeness (QED) is 0.780. The van der Waals surface area contributed by atoms with Crippen LogP contribution in [0.25, 0.3) is 0 Å². The van der Waals surface area contributed by atoms with E-state index in [4.69, 9.17) is 0 Å². The molecule has 2 aliphatic rings. The van der Waals surface area contributed by atoms with Crippen molar-refractivity contribution in [3.8, 4) is 0 Å². The highest BCUT2D eigenvalue weighted by atomic mass is 16.4. The number of unbranched alkanes of at least 4 members (excludes halogenated alkanes) is 1. The minimum Gasteiger partial charge on any atom is -0.480 e. The first-order chi connectivity index (χ1) is 11.4. The monoisotopic (exact) mass is 331 g/mol. The Labute approximate surface area is 140 Å². The van der Waals surface area contributed by atoms with Crippen LogP contribution in [0.4, 0.5) is 0 Å². The molecule has 7 nitrogen and oxygen atoms in total. The second-order valence-corrected chi connectivity index (χ2v) is 6.52. The lowest BCUT2D eigenvalue weighted by Crippen LogP contribution is -2.55. The summed E-state index contributed by atoms with van der Waals surface area (Å²) in [5, 5.41) is 13.1. The van der Waals surface area contributed by atoms with Gasteiger partial charge in [0.25, 0.3) is 0 Å². The van der Waals surface area contributed by atoms with Crippen molar-refractivity contribution in [3.63, 3.8) is 0 Å². The number of fused-ring (bicyclic) bond motifs is 1. The van der Waals surface area contributed by atoms with Crippen LogP contribution in [0, 0.1) is 11.8 Å². The van der Waals surface area contributed by atoms with Crippen LogP contribution in [-0.4, -0.2) is 45.4 Å². The van der Waals surface area contributed by atoms with Gasteiger partial charge in [-0.1, -0.05) is 19.8 Å². The number of hydrogen-bond acceptors (Lipinski definition) is 5. The summed E-state index contributed by atoms with van der Waals surface area (Å²) in [6, 6.07) is 3.00. The summed E-state index contributed by atoms with van der Waals surface area (Å²) < 4.78 is 0. The van der Waals surface area contributed by atoms with E-state index in [0.717, 1.165) is 16.9 Å². The van der Waals surface area contributed by atoms with Gasteiger partial charge in [-0.05, 0) is 24.1 Å². The lowest BCUT2D eigenvalue weighted by molar-refractivity contribution is -0.151. The SMILES string of the molecule is CCCCC1(C(=O)O)NC(c2ccncc2)C2C(=O)N(C)C(=O)C21. The van der Waals surface area contributed by atoms with Crippen LogP contribution < -0.4 is 5.32 Å². The van der Waals surface area contributed by atoms with Gasteiger partial charge in [0.05, 0.1) is 11.8 Å². The molecule has 3 heterocycles. The Morgan fingerprint density at radius 2 is 2.00 bits per heavy atom. The molecule has 24 heavy (non-hydrogen) atoms. The summed E-state index contributed by atoms with van der Waals surface area (Å²) in [6.45, 7) is 1.97. The zero-order chi connectivity index (χ0) is 17.5. The zero-order valence-corrected chi connectivity index (χ0v) is 13.7. The molecule has 1 aromatic rings. The van der Waals surface area contributed by atoms with Crippen molar-refractivity contribution >= 4 is 17.8 Å². The molecular formula is C17H21N3O4. The third-order valence-corrected chi connectivity index (χ3v) is 5.25. The minimum absolute atomic E-state index is 0.314. The van der Waals surface area contributed by atoms with Gasteiger partial charge in [-0.2, -0.15) is 0 Å². The van der Waals surface area contributed by atoms with E-state index < -0.39 is 35.3 Å². The molecule has 2 amide bonds. The number of carboxylic acids is 1. The summed E-state index contributed by atoms with van der Waals surface area (Å²) in [5.41, 5.74) is -0.636. The second kappa shape index (κ2) is 5.98. The second-order valence-electron chi connectivity index (χ2n) is 6.52. The number of aromatic nitrogens is 1. The minimum atomic E-state index is -1.41. The average Bonchev–Trinajstić information content (AvgIpc) is 3.05. The van der Waals surface area contributed by atoms with Gasteiger partial charge < -0.3 is 5.11 Å². The Hall–Kier alpha value is -2.28. The topological polar surface area (TPSA) is 99.6 Å². The van der Waals surface area contributed by atoms with Crippen molar-refractivity contribution in [2.75, 3.05) is 7.05 Å². The molecule has 0 spiro atoms. The number of pyridine rings is 1. The fourth-order valence-corrected chi connectivity index (χ4v) is 3.99. The summed E-state index contributed by atoms with van der Waals surface area (Å²) in [5.74, 6) is -3.37. The predicted octanol–water partition coefficient (Wildman–Crippen LogP) is 0.970. The number of carboxylic acid groups (broad SMARTS) is 1. The molecule has 2 fully saturated rings. The van der Waals surface area contributed by atoms with Crippen LogP contribution in [0.5, 0.6) is 0 Å². The molecule has 3 rings (SSSR count). The first kappa shape index (κ1) is 16.6. The molecule has 7 heteroatoms. The first-order valence-electron chi connectivity index (χ1n) is 8.16. The van der Waals surface area contributed by atoms with Crippen LogP contribution in [0.1, 0.15) is 37.8 Å². The molecule has 2 aliphatic heterocycles. The van der Waals surface area contributed by atoms with Crippen LogP contribution in [0.15, 0.2) is 24.5 Å². The third kappa shape index (κ3) is 2.23. The Morgan fingerprint density at radius 3 is 2.58 bits per heavy atom.